The molecule has 0 spiro atoms. The lowest BCUT2D eigenvalue weighted by molar-refractivity contribution is 0.318. The highest BCUT2D eigenvalue weighted by atomic mass is 16.4. The molecule has 0 amide bonds. The fraction of sp³-hybridized carbons (Fsp3) is 0.462. The third-order valence-electron chi connectivity index (χ3n) is 3.08. The van der Waals surface area contributed by atoms with Crippen molar-refractivity contribution in [2.75, 3.05) is 11.4 Å². The van der Waals surface area contributed by atoms with Gasteiger partial charge in [-0.2, -0.15) is 0 Å². The molecule has 0 fully saturated rings. The Morgan fingerprint density at radius 2 is 2.06 bits per heavy atom. The van der Waals surface area contributed by atoms with Crippen molar-refractivity contribution in [3.63, 3.8) is 0 Å². The summed E-state index contributed by atoms with van der Waals surface area (Å²) < 4.78 is 0. The van der Waals surface area contributed by atoms with Crippen molar-refractivity contribution >= 4 is 11.4 Å². The normalized spacial score (nSPS) is 18.7. The van der Waals surface area contributed by atoms with Gasteiger partial charge in [0.2, 0.25) is 0 Å². The van der Waals surface area contributed by atoms with E-state index >= 15 is 0 Å². The van der Waals surface area contributed by atoms with Crippen LogP contribution in [-0.4, -0.2) is 23.5 Å². The first-order valence-corrected chi connectivity index (χ1v) is 5.81. The Bertz CT molecular complexity index is 399. The maximum Gasteiger partial charge on any atom is 0.0889 e. The zero-order valence-corrected chi connectivity index (χ0v) is 9.85. The summed E-state index contributed by atoms with van der Waals surface area (Å²) in [7, 11) is 0. The number of nitrogens with zero attached hydrogens (tertiary/aromatic N) is 2. The number of rotatable bonds is 1. The van der Waals surface area contributed by atoms with Gasteiger partial charge < -0.3 is 10.1 Å². The largest absolute Gasteiger partial charge is 0.411 e. The van der Waals surface area contributed by atoms with E-state index in [-0.39, 0.29) is 0 Å². The zero-order chi connectivity index (χ0) is 11.5. The van der Waals surface area contributed by atoms with Crippen LogP contribution >= 0.6 is 0 Å². The van der Waals surface area contributed by atoms with E-state index < -0.39 is 0 Å². The molecule has 1 aliphatic rings. The molecule has 3 heteroatoms. The Morgan fingerprint density at radius 1 is 1.31 bits per heavy atom. The number of oxime groups is 1. The van der Waals surface area contributed by atoms with Crippen LogP contribution in [0.1, 0.15) is 32.3 Å². The lowest BCUT2D eigenvalue weighted by Crippen LogP contribution is -2.31. The van der Waals surface area contributed by atoms with E-state index in [1.54, 1.807) is 0 Å². The van der Waals surface area contributed by atoms with Crippen LogP contribution in [0.25, 0.3) is 0 Å². The fourth-order valence-electron chi connectivity index (χ4n) is 2.28. The first-order chi connectivity index (χ1) is 7.74. The first-order valence-electron chi connectivity index (χ1n) is 5.81. The summed E-state index contributed by atoms with van der Waals surface area (Å²) in [5, 5.41) is 12.5. The molecule has 0 aromatic heterocycles. The Morgan fingerprint density at radius 3 is 2.75 bits per heavy atom. The van der Waals surface area contributed by atoms with Crippen LogP contribution in [-0.2, 0) is 0 Å². The predicted molar refractivity (Wildman–Crippen MR) is 66.5 cm³/mol. The van der Waals surface area contributed by atoms with Gasteiger partial charge in [0, 0.05) is 23.8 Å². The molecular weight excluding hydrogens is 200 g/mol. The number of para-hydroxylation sites is 1. The van der Waals surface area contributed by atoms with Gasteiger partial charge in [0.05, 0.1) is 5.71 Å². The van der Waals surface area contributed by atoms with Crippen molar-refractivity contribution in [2.24, 2.45) is 5.16 Å². The van der Waals surface area contributed by atoms with Gasteiger partial charge >= 0.3 is 0 Å². The summed E-state index contributed by atoms with van der Waals surface area (Å²) in [6, 6.07) is 8.64. The highest BCUT2D eigenvalue weighted by Gasteiger charge is 2.20. The van der Waals surface area contributed by atoms with Crippen LogP contribution < -0.4 is 4.90 Å². The average molecular weight is 218 g/mol. The van der Waals surface area contributed by atoms with E-state index in [4.69, 9.17) is 5.21 Å². The van der Waals surface area contributed by atoms with E-state index in [9.17, 15) is 0 Å². The van der Waals surface area contributed by atoms with Gasteiger partial charge in [-0.1, -0.05) is 23.4 Å². The highest BCUT2D eigenvalue weighted by Crippen LogP contribution is 2.27. The molecule has 86 valence electrons. The smallest absolute Gasteiger partial charge is 0.0889 e. The molecule has 16 heavy (non-hydrogen) atoms. The van der Waals surface area contributed by atoms with E-state index in [0.717, 1.165) is 30.7 Å². The second kappa shape index (κ2) is 4.56. The molecule has 0 saturated carbocycles. The Kier molecular flexibility index (Phi) is 3.13. The molecule has 2 rings (SSSR count). The standard InChI is InChI=1S/C13H18N2O/c1-10(2)15-9-5-7-12(14-16)11-6-3-4-8-13(11)15/h3-4,6,8,10,16H,5,7,9H2,1-2H3/b14-12-. The van der Waals surface area contributed by atoms with Crippen LogP contribution in [0.15, 0.2) is 29.4 Å². The molecule has 1 aromatic rings. The summed E-state index contributed by atoms with van der Waals surface area (Å²) in [6.07, 6.45) is 1.88. The molecule has 0 saturated heterocycles. The Balaban J connectivity index is 2.50. The van der Waals surface area contributed by atoms with Gasteiger partial charge in [-0.3, -0.25) is 0 Å². The van der Waals surface area contributed by atoms with Crippen molar-refractivity contribution in [3.8, 4) is 0 Å². The molecule has 3 nitrogen and oxygen atoms in total. The summed E-state index contributed by atoms with van der Waals surface area (Å²) in [6.45, 7) is 5.41. The molecule has 0 unspecified atom stereocenters. The van der Waals surface area contributed by atoms with Crippen molar-refractivity contribution < 1.29 is 5.21 Å². The molecule has 1 heterocycles. The monoisotopic (exact) mass is 218 g/mol. The fourth-order valence-corrected chi connectivity index (χ4v) is 2.28. The van der Waals surface area contributed by atoms with Gasteiger partial charge in [-0.15, -0.1) is 0 Å². The van der Waals surface area contributed by atoms with Gasteiger partial charge in [0.1, 0.15) is 0 Å². The van der Waals surface area contributed by atoms with Crippen LogP contribution in [0.4, 0.5) is 5.69 Å². The lowest BCUT2D eigenvalue weighted by atomic mass is 10.1. The molecule has 0 aliphatic carbocycles. The minimum absolute atomic E-state index is 0.471. The van der Waals surface area contributed by atoms with Crippen molar-refractivity contribution in [1.29, 1.82) is 0 Å². The maximum absolute atomic E-state index is 9.06. The highest BCUT2D eigenvalue weighted by molar-refractivity contribution is 6.05. The van der Waals surface area contributed by atoms with Gasteiger partial charge in [-0.25, -0.2) is 0 Å². The number of benzene rings is 1. The van der Waals surface area contributed by atoms with E-state index in [1.807, 2.05) is 18.2 Å². The minimum atomic E-state index is 0.471. The van der Waals surface area contributed by atoms with Crippen LogP contribution in [0.3, 0.4) is 0 Å². The topological polar surface area (TPSA) is 35.8 Å². The SMILES string of the molecule is CC(C)N1CCC/C(=N/O)c2ccccc21. The Labute approximate surface area is 96.4 Å². The first kappa shape index (κ1) is 11.0. The molecular formula is C13H18N2O. The number of hydrogen-bond acceptors (Lipinski definition) is 3. The van der Waals surface area contributed by atoms with E-state index in [0.29, 0.717) is 6.04 Å². The number of hydrogen-bond donors (Lipinski definition) is 1. The summed E-state index contributed by atoms with van der Waals surface area (Å²) in [5.41, 5.74) is 3.05. The molecule has 0 atom stereocenters. The van der Waals surface area contributed by atoms with Crippen LogP contribution in [0.5, 0.6) is 0 Å². The second-order valence-electron chi connectivity index (χ2n) is 4.45. The molecule has 0 bridgehead atoms. The summed E-state index contributed by atoms with van der Waals surface area (Å²) in [5.74, 6) is 0. The third kappa shape index (κ3) is 1.90. The number of anilines is 1. The average Bonchev–Trinajstić information content (AvgIpc) is 2.47. The molecule has 1 aliphatic heterocycles. The van der Waals surface area contributed by atoms with Crippen LogP contribution in [0.2, 0.25) is 0 Å². The lowest BCUT2D eigenvalue weighted by Gasteiger charge is -2.28. The zero-order valence-electron chi connectivity index (χ0n) is 9.85. The summed E-state index contributed by atoms with van der Waals surface area (Å²) in [4.78, 5) is 2.37. The summed E-state index contributed by atoms with van der Waals surface area (Å²) >= 11 is 0. The van der Waals surface area contributed by atoms with Crippen molar-refractivity contribution in [1.82, 2.24) is 0 Å². The quantitative estimate of drug-likeness (QED) is 0.581. The molecule has 0 radical (unpaired) electrons. The van der Waals surface area contributed by atoms with Crippen molar-refractivity contribution in [3.05, 3.63) is 29.8 Å². The second-order valence-corrected chi connectivity index (χ2v) is 4.45. The van der Waals surface area contributed by atoms with E-state index in [1.165, 1.54) is 5.69 Å². The third-order valence-corrected chi connectivity index (χ3v) is 3.08. The maximum atomic E-state index is 9.06. The van der Waals surface area contributed by atoms with Gasteiger partial charge in [0.15, 0.2) is 0 Å². The van der Waals surface area contributed by atoms with Gasteiger partial charge in [0.25, 0.3) is 0 Å². The molecule has 1 aromatic carbocycles. The predicted octanol–water partition coefficient (Wildman–Crippen LogP) is 2.87. The number of fused-ring (bicyclic) bond motifs is 1. The van der Waals surface area contributed by atoms with E-state index in [2.05, 4.69) is 30.0 Å². The Hall–Kier alpha value is -1.51. The van der Waals surface area contributed by atoms with Crippen molar-refractivity contribution in [2.45, 2.75) is 32.7 Å². The van der Waals surface area contributed by atoms with Gasteiger partial charge in [-0.05, 0) is 32.8 Å². The van der Waals surface area contributed by atoms with Crippen LogP contribution in [0, 0.1) is 0 Å². The minimum Gasteiger partial charge on any atom is -0.411 e. The molecule has 1 N–H and O–H groups in total.